The van der Waals surface area contributed by atoms with Gasteiger partial charge in [0, 0.05) is 21.5 Å². The van der Waals surface area contributed by atoms with Gasteiger partial charge in [-0.1, -0.05) is 11.6 Å². The van der Waals surface area contributed by atoms with Gasteiger partial charge in [-0.3, -0.25) is 0 Å². The molecule has 3 rings (SSSR count). The Morgan fingerprint density at radius 1 is 1.53 bits per heavy atom. The third-order valence-corrected chi connectivity index (χ3v) is 5.64. The lowest BCUT2D eigenvalue weighted by Crippen LogP contribution is -2.19. The zero-order valence-corrected chi connectivity index (χ0v) is 14.9. The van der Waals surface area contributed by atoms with Crippen molar-refractivity contribution < 1.29 is 4.74 Å². The van der Waals surface area contributed by atoms with E-state index in [2.05, 4.69) is 43.6 Å². The van der Waals surface area contributed by atoms with Gasteiger partial charge in [0.1, 0.15) is 3.70 Å². The number of hydrogen-bond donors (Lipinski definition) is 0. The first kappa shape index (κ1) is 14.1. The van der Waals surface area contributed by atoms with Crippen molar-refractivity contribution in [2.24, 2.45) is 0 Å². The highest BCUT2D eigenvalue weighted by Gasteiger charge is 2.22. The topological polar surface area (TPSA) is 27.1 Å². The second-order valence-corrected chi connectivity index (χ2v) is 6.97. The predicted octanol–water partition coefficient (Wildman–Crippen LogP) is 5.06. The molecule has 0 N–H and O–H groups in total. The average Bonchev–Trinajstić information content (AvgIpc) is 2.74. The average molecular weight is 456 g/mol. The highest BCUT2D eigenvalue weighted by molar-refractivity contribution is 14.1. The third kappa shape index (κ3) is 2.43. The Morgan fingerprint density at radius 3 is 3.00 bits per heavy atom. The molecule has 1 saturated heterocycles. The first-order valence-corrected chi connectivity index (χ1v) is 8.48. The van der Waals surface area contributed by atoms with Crippen molar-refractivity contribution in [2.75, 3.05) is 6.61 Å². The van der Waals surface area contributed by atoms with Crippen LogP contribution in [-0.4, -0.2) is 16.4 Å². The molecule has 0 radical (unpaired) electrons. The Labute approximate surface area is 138 Å². The third-order valence-electron chi connectivity index (χ3n) is 3.50. The minimum Gasteiger partial charge on any atom is -0.356 e. The first-order chi connectivity index (χ1) is 9.09. The summed E-state index contributed by atoms with van der Waals surface area (Å²) >= 11 is 12.2. The van der Waals surface area contributed by atoms with Gasteiger partial charge in [-0.15, -0.1) is 0 Å². The molecule has 0 amide bonds. The van der Waals surface area contributed by atoms with Crippen LogP contribution in [0.4, 0.5) is 0 Å². The van der Waals surface area contributed by atoms with Crippen LogP contribution < -0.4 is 0 Å². The highest BCUT2D eigenvalue weighted by atomic mass is 127. The van der Waals surface area contributed by atoms with Gasteiger partial charge in [0.05, 0.1) is 5.52 Å². The number of hydrogen-bond acceptors (Lipinski definition) is 2. The molecular weight excluding hydrogens is 442 g/mol. The number of benzene rings is 1. The smallest absolute Gasteiger partial charge is 0.150 e. The summed E-state index contributed by atoms with van der Waals surface area (Å²) in [6.07, 6.45) is 3.36. The molecule has 1 atom stereocenters. The van der Waals surface area contributed by atoms with Gasteiger partial charge < -0.3 is 4.74 Å². The molecule has 1 aromatic carbocycles. The summed E-state index contributed by atoms with van der Waals surface area (Å²) in [6.45, 7) is 2.82. The molecule has 0 saturated carbocycles. The molecule has 1 aliphatic rings. The Balaban J connectivity index is 2.21. The Kier molecular flexibility index (Phi) is 4.08. The minimum atomic E-state index is 0.0328. The summed E-state index contributed by atoms with van der Waals surface area (Å²) in [4.78, 5) is 0. The molecule has 1 aromatic heterocycles. The fourth-order valence-electron chi connectivity index (χ4n) is 2.42. The molecule has 2 heterocycles. The van der Waals surface area contributed by atoms with Gasteiger partial charge in [0.25, 0.3) is 0 Å². The first-order valence-electron chi connectivity index (χ1n) is 6.23. The van der Waals surface area contributed by atoms with Crippen LogP contribution in [0.1, 0.15) is 31.1 Å². The van der Waals surface area contributed by atoms with Gasteiger partial charge in [0.15, 0.2) is 6.23 Å². The number of rotatable bonds is 1. The van der Waals surface area contributed by atoms with E-state index < -0.39 is 0 Å². The monoisotopic (exact) mass is 454 g/mol. The van der Waals surface area contributed by atoms with E-state index in [1.165, 1.54) is 6.42 Å². The van der Waals surface area contributed by atoms with Crippen molar-refractivity contribution >= 4 is 61.0 Å². The molecule has 0 spiro atoms. The molecule has 1 aliphatic heterocycles. The molecule has 3 nitrogen and oxygen atoms in total. The predicted molar refractivity (Wildman–Crippen MR) is 88.7 cm³/mol. The zero-order chi connectivity index (χ0) is 13.6. The van der Waals surface area contributed by atoms with Crippen molar-refractivity contribution in [2.45, 2.75) is 32.4 Å². The fourth-order valence-corrected chi connectivity index (χ4v) is 4.48. The summed E-state index contributed by atoms with van der Waals surface area (Å²) in [5.41, 5.74) is 2.09. The molecule has 1 unspecified atom stereocenters. The second kappa shape index (κ2) is 5.50. The van der Waals surface area contributed by atoms with Crippen LogP contribution in [0, 0.1) is 10.6 Å². The van der Waals surface area contributed by atoms with Crippen LogP contribution in [0.25, 0.3) is 10.9 Å². The Hall–Kier alpha value is 0.150. The van der Waals surface area contributed by atoms with Crippen molar-refractivity contribution in [1.82, 2.24) is 9.78 Å². The fraction of sp³-hybridized carbons (Fsp3) is 0.462. The van der Waals surface area contributed by atoms with E-state index in [9.17, 15) is 0 Å². The minimum absolute atomic E-state index is 0.0328. The summed E-state index contributed by atoms with van der Waals surface area (Å²) in [5.74, 6) is 0. The van der Waals surface area contributed by atoms with E-state index in [1.807, 2.05) is 17.7 Å². The summed E-state index contributed by atoms with van der Waals surface area (Å²) in [6, 6.07) is 1.99. The quantitative estimate of drug-likeness (QED) is 0.562. The number of nitrogens with zero attached hydrogens (tertiary/aromatic N) is 2. The molecule has 1 fully saturated rings. The maximum absolute atomic E-state index is 6.30. The van der Waals surface area contributed by atoms with Crippen LogP contribution in [0.15, 0.2) is 10.5 Å². The van der Waals surface area contributed by atoms with Gasteiger partial charge in [0.2, 0.25) is 0 Å². The molecular formula is C13H13BrClIN2O. The lowest BCUT2D eigenvalue weighted by Gasteiger charge is -2.23. The van der Waals surface area contributed by atoms with Crippen LogP contribution >= 0.6 is 50.1 Å². The Bertz CT molecular complexity index is 637. The molecule has 19 heavy (non-hydrogen) atoms. The van der Waals surface area contributed by atoms with Crippen molar-refractivity contribution in [3.8, 4) is 0 Å². The number of fused-ring (bicyclic) bond motifs is 1. The molecule has 0 aliphatic carbocycles. The summed E-state index contributed by atoms with van der Waals surface area (Å²) in [7, 11) is 0. The van der Waals surface area contributed by atoms with E-state index in [4.69, 9.17) is 16.3 Å². The highest BCUT2D eigenvalue weighted by Crippen LogP contribution is 2.37. The summed E-state index contributed by atoms with van der Waals surface area (Å²) < 4.78 is 9.82. The lowest BCUT2D eigenvalue weighted by molar-refractivity contribution is -0.0368. The van der Waals surface area contributed by atoms with Crippen LogP contribution in [0.3, 0.4) is 0 Å². The van der Waals surface area contributed by atoms with E-state index in [1.54, 1.807) is 0 Å². The number of ether oxygens (including phenoxy) is 1. The normalized spacial score (nSPS) is 20.1. The van der Waals surface area contributed by atoms with Crippen molar-refractivity contribution in [1.29, 1.82) is 0 Å². The Morgan fingerprint density at radius 2 is 2.32 bits per heavy atom. The van der Waals surface area contributed by atoms with Gasteiger partial charge in [-0.25, -0.2) is 4.68 Å². The lowest BCUT2D eigenvalue weighted by atomic mass is 10.1. The summed E-state index contributed by atoms with van der Waals surface area (Å²) in [5, 5.41) is 6.53. The molecule has 0 bridgehead atoms. The van der Waals surface area contributed by atoms with E-state index in [-0.39, 0.29) is 6.23 Å². The van der Waals surface area contributed by atoms with Gasteiger partial charge >= 0.3 is 0 Å². The maximum Gasteiger partial charge on any atom is 0.150 e. The largest absolute Gasteiger partial charge is 0.356 e. The van der Waals surface area contributed by atoms with Gasteiger partial charge in [-0.05, 0) is 76.3 Å². The van der Waals surface area contributed by atoms with E-state index in [0.717, 1.165) is 49.1 Å². The van der Waals surface area contributed by atoms with Crippen LogP contribution in [0.5, 0.6) is 0 Å². The van der Waals surface area contributed by atoms with E-state index in [0.29, 0.717) is 0 Å². The number of aromatic nitrogens is 2. The maximum atomic E-state index is 6.30. The van der Waals surface area contributed by atoms with Crippen molar-refractivity contribution in [3.63, 3.8) is 0 Å². The van der Waals surface area contributed by atoms with Crippen molar-refractivity contribution in [3.05, 3.63) is 24.8 Å². The SMILES string of the molecule is Cc1c(Cl)cc2c(c(I)nn2C2CCCCO2)c1Br. The van der Waals surface area contributed by atoms with E-state index >= 15 is 0 Å². The molecule has 2 aromatic rings. The van der Waals surface area contributed by atoms with Crippen LogP contribution in [-0.2, 0) is 4.74 Å². The molecule has 102 valence electrons. The van der Waals surface area contributed by atoms with Crippen LogP contribution in [0.2, 0.25) is 5.02 Å². The second-order valence-electron chi connectivity index (χ2n) is 4.75. The number of halogens is 3. The van der Waals surface area contributed by atoms with Gasteiger partial charge in [-0.2, -0.15) is 5.10 Å². The standard InChI is InChI=1S/C13H13BrClIN2O/c1-7-8(15)6-9-11(12(7)14)13(16)17-18(9)10-4-2-3-5-19-10/h6,10H,2-5H2,1H3. The molecule has 6 heteroatoms. The zero-order valence-electron chi connectivity index (χ0n) is 10.4.